The molecule has 20 heavy (non-hydrogen) atoms. The SMILES string of the molecule is Cc1cc(F)ccc1Oc1cccc(NN)c1[N+](=O)[O-]. The molecule has 0 spiro atoms. The van der Waals surface area contributed by atoms with Crippen LogP contribution in [0, 0.1) is 22.9 Å². The van der Waals surface area contributed by atoms with Crippen LogP contribution in [0.15, 0.2) is 36.4 Å². The number of hydrogen-bond acceptors (Lipinski definition) is 5. The molecule has 6 nitrogen and oxygen atoms in total. The van der Waals surface area contributed by atoms with Gasteiger partial charge in [0, 0.05) is 0 Å². The molecule has 0 aromatic heterocycles. The Morgan fingerprint density at radius 2 is 2.05 bits per heavy atom. The molecule has 0 radical (unpaired) electrons. The average Bonchev–Trinajstić information content (AvgIpc) is 2.41. The van der Waals surface area contributed by atoms with E-state index in [2.05, 4.69) is 5.43 Å². The lowest BCUT2D eigenvalue weighted by Gasteiger charge is -2.10. The number of nitrogens with two attached hydrogens (primary N) is 1. The van der Waals surface area contributed by atoms with Crippen molar-refractivity contribution in [2.45, 2.75) is 6.92 Å². The van der Waals surface area contributed by atoms with Crippen molar-refractivity contribution in [1.29, 1.82) is 0 Å². The van der Waals surface area contributed by atoms with Crippen LogP contribution < -0.4 is 16.0 Å². The summed E-state index contributed by atoms with van der Waals surface area (Å²) in [7, 11) is 0. The molecular weight excluding hydrogens is 265 g/mol. The van der Waals surface area contributed by atoms with Crippen LogP contribution in [0.4, 0.5) is 15.8 Å². The predicted octanol–water partition coefficient (Wildman–Crippen LogP) is 3.12. The van der Waals surface area contributed by atoms with E-state index in [1.54, 1.807) is 13.0 Å². The number of nitrogen functional groups attached to an aromatic ring is 1. The van der Waals surface area contributed by atoms with Gasteiger partial charge in [-0.3, -0.25) is 16.0 Å². The van der Waals surface area contributed by atoms with Crippen LogP contribution in [-0.4, -0.2) is 4.92 Å². The highest BCUT2D eigenvalue weighted by atomic mass is 19.1. The maximum Gasteiger partial charge on any atom is 0.335 e. The largest absolute Gasteiger partial charge is 0.450 e. The molecule has 2 aromatic rings. The monoisotopic (exact) mass is 277 g/mol. The molecule has 0 saturated heterocycles. The van der Waals surface area contributed by atoms with Gasteiger partial charge in [0.2, 0.25) is 5.75 Å². The number of anilines is 1. The molecule has 0 atom stereocenters. The lowest BCUT2D eigenvalue weighted by atomic mass is 10.2. The molecule has 0 bridgehead atoms. The second kappa shape index (κ2) is 5.54. The summed E-state index contributed by atoms with van der Waals surface area (Å²) >= 11 is 0. The minimum Gasteiger partial charge on any atom is -0.450 e. The highest BCUT2D eigenvalue weighted by Gasteiger charge is 2.21. The number of rotatable bonds is 4. The molecular formula is C13H12FN3O3. The quantitative estimate of drug-likeness (QED) is 0.509. The number of nitro benzene ring substituents is 1. The number of halogens is 1. The standard InChI is InChI=1S/C13H12FN3O3/c1-8-7-9(14)5-6-11(8)20-12-4-2-3-10(16-15)13(12)17(18)19/h2-7,16H,15H2,1H3. The molecule has 104 valence electrons. The molecule has 7 heteroatoms. The number of aryl methyl sites for hydroxylation is 1. The Hall–Kier alpha value is -2.67. The lowest BCUT2D eigenvalue weighted by Crippen LogP contribution is -2.09. The van der Waals surface area contributed by atoms with Gasteiger partial charge in [-0.05, 0) is 42.8 Å². The van der Waals surface area contributed by atoms with Gasteiger partial charge in [0.05, 0.1) is 4.92 Å². The summed E-state index contributed by atoms with van der Waals surface area (Å²) in [5.74, 6) is 5.20. The number of hydrazine groups is 1. The molecule has 3 N–H and O–H groups in total. The second-order valence-electron chi connectivity index (χ2n) is 4.07. The predicted molar refractivity (Wildman–Crippen MR) is 72.1 cm³/mol. The minimum absolute atomic E-state index is 0.0279. The van der Waals surface area contributed by atoms with E-state index in [0.717, 1.165) is 0 Å². The van der Waals surface area contributed by atoms with Crippen LogP contribution in [0.1, 0.15) is 5.56 Å². The maximum atomic E-state index is 13.0. The molecule has 0 fully saturated rings. The van der Waals surface area contributed by atoms with Crippen LogP contribution in [0.2, 0.25) is 0 Å². The third-order valence-corrected chi connectivity index (χ3v) is 2.69. The van der Waals surface area contributed by atoms with E-state index in [-0.39, 0.29) is 17.1 Å². The Morgan fingerprint density at radius 3 is 2.65 bits per heavy atom. The summed E-state index contributed by atoms with van der Waals surface area (Å²) < 4.78 is 18.5. The first-order valence-corrected chi connectivity index (χ1v) is 5.71. The number of nitro groups is 1. The summed E-state index contributed by atoms with van der Waals surface area (Å²) in [6.45, 7) is 1.65. The average molecular weight is 277 g/mol. The molecule has 0 aliphatic rings. The van der Waals surface area contributed by atoms with E-state index in [9.17, 15) is 14.5 Å². The molecule has 0 unspecified atom stereocenters. The summed E-state index contributed by atoms with van der Waals surface area (Å²) in [5.41, 5.74) is 2.63. The summed E-state index contributed by atoms with van der Waals surface area (Å²) in [6, 6.07) is 8.39. The Morgan fingerprint density at radius 1 is 1.30 bits per heavy atom. The van der Waals surface area contributed by atoms with E-state index in [1.807, 2.05) is 0 Å². The van der Waals surface area contributed by atoms with Crippen molar-refractivity contribution in [3.63, 3.8) is 0 Å². The fourth-order valence-electron chi connectivity index (χ4n) is 1.76. The van der Waals surface area contributed by atoms with Crippen LogP contribution in [-0.2, 0) is 0 Å². The lowest BCUT2D eigenvalue weighted by molar-refractivity contribution is -0.384. The number of nitrogens with zero attached hydrogens (tertiary/aromatic N) is 1. The normalized spacial score (nSPS) is 10.2. The molecule has 0 amide bonds. The van der Waals surface area contributed by atoms with Gasteiger partial charge >= 0.3 is 5.69 Å². The minimum atomic E-state index is -0.594. The van der Waals surface area contributed by atoms with E-state index >= 15 is 0 Å². The van der Waals surface area contributed by atoms with E-state index in [4.69, 9.17) is 10.6 Å². The van der Waals surface area contributed by atoms with Crippen LogP contribution in [0.25, 0.3) is 0 Å². The third kappa shape index (κ3) is 2.67. The first-order chi connectivity index (χ1) is 9.52. The molecule has 2 aromatic carbocycles. The Kier molecular flexibility index (Phi) is 3.81. The summed E-state index contributed by atoms with van der Waals surface area (Å²) in [5, 5.41) is 11.1. The van der Waals surface area contributed by atoms with Gasteiger partial charge in [0.15, 0.2) is 0 Å². The van der Waals surface area contributed by atoms with E-state index in [0.29, 0.717) is 11.3 Å². The summed E-state index contributed by atoms with van der Waals surface area (Å²) in [6.07, 6.45) is 0. The van der Waals surface area contributed by atoms with Gasteiger partial charge in [-0.15, -0.1) is 0 Å². The second-order valence-corrected chi connectivity index (χ2v) is 4.07. The van der Waals surface area contributed by atoms with Crippen molar-refractivity contribution >= 4 is 11.4 Å². The Balaban J connectivity index is 2.45. The first kappa shape index (κ1) is 13.8. The first-order valence-electron chi connectivity index (χ1n) is 5.71. The molecule has 0 saturated carbocycles. The molecule has 0 aliphatic carbocycles. The van der Waals surface area contributed by atoms with Crippen molar-refractivity contribution in [3.05, 3.63) is 57.9 Å². The topological polar surface area (TPSA) is 90.4 Å². The number of ether oxygens (including phenoxy) is 1. The van der Waals surface area contributed by atoms with Crippen molar-refractivity contribution in [2.75, 3.05) is 5.43 Å². The number of nitrogens with one attached hydrogen (secondary N) is 1. The van der Waals surface area contributed by atoms with Gasteiger partial charge in [-0.2, -0.15) is 0 Å². The van der Waals surface area contributed by atoms with Crippen molar-refractivity contribution in [1.82, 2.24) is 0 Å². The highest BCUT2D eigenvalue weighted by molar-refractivity contribution is 5.68. The summed E-state index contributed by atoms with van der Waals surface area (Å²) in [4.78, 5) is 10.5. The Labute approximate surface area is 114 Å². The molecule has 2 rings (SSSR count). The van der Waals surface area contributed by atoms with Crippen molar-refractivity contribution in [2.24, 2.45) is 5.84 Å². The van der Waals surface area contributed by atoms with Gasteiger partial charge < -0.3 is 10.2 Å². The van der Waals surface area contributed by atoms with Crippen LogP contribution in [0.5, 0.6) is 11.5 Å². The van der Waals surface area contributed by atoms with Gasteiger partial charge in [-0.25, -0.2) is 4.39 Å². The Bertz CT molecular complexity index is 661. The van der Waals surface area contributed by atoms with Crippen molar-refractivity contribution < 1.29 is 14.1 Å². The van der Waals surface area contributed by atoms with Gasteiger partial charge in [-0.1, -0.05) is 6.07 Å². The number of hydrogen-bond donors (Lipinski definition) is 2. The maximum absolute atomic E-state index is 13.0. The smallest absolute Gasteiger partial charge is 0.335 e. The zero-order valence-corrected chi connectivity index (χ0v) is 10.6. The number of benzene rings is 2. The molecule has 0 aliphatic heterocycles. The zero-order valence-electron chi connectivity index (χ0n) is 10.6. The van der Waals surface area contributed by atoms with Gasteiger partial charge in [0.1, 0.15) is 17.3 Å². The van der Waals surface area contributed by atoms with E-state index in [1.165, 1.54) is 30.3 Å². The zero-order chi connectivity index (χ0) is 14.7. The third-order valence-electron chi connectivity index (χ3n) is 2.69. The van der Waals surface area contributed by atoms with Gasteiger partial charge in [0.25, 0.3) is 0 Å². The van der Waals surface area contributed by atoms with Crippen LogP contribution >= 0.6 is 0 Å². The fourth-order valence-corrected chi connectivity index (χ4v) is 1.76. The molecule has 0 heterocycles. The fraction of sp³-hybridized carbons (Fsp3) is 0.0769. The number of para-hydroxylation sites is 1. The van der Waals surface area contributed by atoms with E-state index < -0.39 is 10.7 Å². The van der Waals surface area contributed by atoms with Crippen molar-refractivity contribution in [3.8, 4) is 11.5 Å². The highest BCUT2D eigenvalue weighted by Crippen LogP contribution is 2.37. The van der Waals surface area contributed by atoms with Crippen LogP contribution in [0.3, 0.4) is 0 Å².